The lowest BCUT2D eigenvalue weighted by Crippen LogP contribution is -2.46. The van der Waals surface area contributed by atoms with Gasteiger partial charge in [0.05, 0.1) is 18.0 Å². The zero-order chi connectivity index (χ0) is 13.8. The van der Waals surface area contributed by atoms with E-state index < -0.39 is 5.82 Å². The molecule has 0 aliphatic carbocycles. The molecule has 2 N–H and O–H groups in total. The Morgan fingerprint density at radius 3 is 2.47 bits per heavy atom. The summed E-state index contributed by atoms with van der Waals surface area (Å²) in [4.78, 5) is 4.59. The Hall–Kier alpha value is -1.49. The third-order valence-electron chi connectivity index (χ3n) is 3.54. The van der Waals surface area contributed by atoms with Crippen molar-refractivity contribution in [3.8, 4) is 5.75 Å². The van der Waals surface area contributed by atoms with Crippen LogP contribution in [0.1, 0.15) is 13.8 Å². The Morgan fingerprint density at radius 2 is 1.89 bits per heavy atom. The van der Waals surface area contributed by atoms with Gasteiger partial charge in [0.1, 0.15) is 0 Å². The summed E-state index contributed by atoms with van der Waals surface area (Å²) in [7, 11) is 0. The van der Waals surface area contributed by atoms with E-state index in [1.54, 1.807) is 6.07 Å². The number of nitrogens with zero attached hydrogens (tertiary/aromatic N) is 2. The number of ether oxygens (including phenoxy) is 1. The summed E-state index contributed by atoms with van der Waals surface area (Å²) >= 11 is 0. The van der Waals surface area contributed by atoms with Crippen molar-refractivity contribution in [2.24, 2.45) is 0 Å². The van der Waals surface area contributed by atoms with Crippen LogP contribution in [0.15, 0.2) is 12.1 Å². The molecule has 19 heavy (non-hydrogen) atoms. The van der Waals surface area contributed by atoms with E-state index >= 15 is 0 Å². The Labute approximate surface area is 113 Å². The smallest absolute Gasteiger partial charge is 0.167 e. The Bertz CT molecular complexity index is 431. The van der Waals surface area contributed by atoms with Gasteiger partial charge in [0.2, 0.25) is 0 Å². The molecule has 106 valence electrons. The van der Waals surface area contributed by atoms with Crippen molar-refractivity contribution in [2.45, 2.75) is 13.8 Å². The standard InChI is InChI=1S/C14H22FN3O/c1-3-17-5-7-18(8-6-17)13-10-14(19-4-2)11(15)9-12(13)16/h9-10H,3-8,16H2,1-2H3. The van der Waals surface area contributed by atoms with Crippen LogP contribution in [-0.4, -0.2) is 44.2 Å². The number of hydrogen-bond donors (Lipinski definition) is 1. The minimum Gasteiger partial charge on any atom is -0.491 e. The molecule has 1 heterocycles. The fourth-order valence-electron chi connectivity index (χ4n) is 2.40. The third-order valence-corrected chi connectivity index (χ3v) is 3.54. The van der Waals surface area contributed by atoms with Crippen LogP contribution in [0.25, 0.3) is 0 Å². The lowest BCUT2D eigenvalue weighted by atomic mass is 10.2. The van der Waals surface area contributed by atoms with Crippen molar-refractivity contribution in [1.29, 1.82) is 0 Å². The molecule has 1 saturated heterocycles. The van der Waals surface area contributed by atoms with Crippen molar-refractivity contribution >= 4 is 11.4 Å². The summed E-state index contributed by atoms with van der Waals surface area (Å²) in [5.74, 6) is -0.111. The minimum absolute atomic E-state index is 0.282. The third kappa shape index (κ3) is 3.10. The van der Waals surface area contributed by atoms with Gasteiger partial charge in [-0.1, -0.05) is 6.92 Å². The number of hydrogen-bond acceptors (Lipinski definition) is 4. The van der Waals surface area contributed by atoms with Crippen LogP contribution in [0.5, 0.6) is 5.75 Å². The van der Waals surface area contributed by atoms with Gasteiger partial charge in [-0.05, 0) is 13.5 Å². The van der Waals surface area contributed by atoms with Crippen LogP contribution in [0.2, 0.25) is 0 Å². The lowest BCUT2D eigenvalue weighted by Gasteiger charge is -2.36. The van der Waals surface area contributed by atoms with E-state index in [4.69, 9.17) is 10.5 Å². The normalized spacial score (nSPS) is 16.7. The van der Waals surface area contributed by atoms with Crippen LogP contribution in [0, 0.1) is 5.82 Å². The van der Waals surface area contributed by atoms with Gasteiger partial charge in [-0.2, -0.15) is 0 Å². The van der Waals surface area contributed by atoms with Gasteiger partial charge in [-0.15, -0.1) is 0 Å². The van der Waals surface area contributed by atoms with Gasteiger partial charge in [-0.3, -0.25) is 0 Å². The van der Waals surface area contributed by atoms with E-state index in [-0.39, 0.29) is 5.75 Å². The predicted octanol–water partition coefficient (Wildman–Crippen LogP) is 1.95. The molecule has 1 aliphatic heterocycles. The fraction of sp³-hybridized carbons (Fsp3) is 0.571. The van der Waals surface area contributed by atoms with E-state index in [1.807, 2.05) is 6.92 Å². The number of anilines is 2. The number of likely N-dealkylation sites (N-methyl/N-ethyl adjacent to an activating group) is 1. The maximum Gasteiger partial charge on any atom is 0.167 e. The van der Waals surface area contributed by atoms with Gasteiger partial charge in [0, 0.05) is 38.3 Å². The first-order valence-electron chi connectivity index (χ1n) is 6.84. The number of benzene rings is 1. The molecule has 0 radical (unpaired) electrons. The molecule has 5 heteroatoms. The number of halogens is 1. The second-order valence-electron chi connectivity index (χ2n) is 4.70. The molecule has 1 aromatic rings. The topological polar surface area (TPSA) is 41.7 Å². The van der Waals surface area contributed by atoms with Crippen molar-refractivity contribution < 1.29 is 9.13 Å². The molecule has 1 aliphatic rings. The average Bonchev–Trinajstić information content (AvgIpc) is 2.42. The zero-order valence-corrected chi connectivity index (χ0v) is 11.7. The summed E-state index contributed by atoms with van der Waals surface area (Å²) < 4.78 is 19.0. The van der Waals surface area contributed by atoms with Gasteiger partial charge in [-0.25, -0.2) is 4.39 Å². The second kappa shape index (κ2) is 6.10. The van der Waals surface area contributed by atoms with Crippen molar-refractivity contribution in [3.63, 3.8) is 0 Å². The van der Waals surface area contributed by atoms with Crippen LogP contribution >= 0.6 is 0 Å². The summed E-state index contributed by atoms with van der Waals surface area (Å²) in [6.07, 6.45) is 0. The molecule has 0 bridgehead atoms. The van der Waals surface area contributed by atoms with E-state index in [9.17, 15) is 4.39 Å². The molecular formula is C14H22FN3O. The molecule has 2 rings (SSSR count). The van der Waals surface area contributed by atoms with E-state index in [0.717, 1.165) is 38.4 Å². The summed E-state index contributed by atoms with van der Waals surface area (Å²) in [5, 5.41) is 0. The first-order valence-corrected chi connectivity index (χ1v) is 6.84. The monoisotopic (exact) mass is 267 g/mol. The van der Waals surface area contributed by atoms with Crippen LogP contribution < -0.4 is 15.4 Å². The number of piperazine rings is 1. The summed E-state index contributed by atoms with van der Waals surface area (Å²) in [6.45, 7) is 9.37. The number of nitrogens with two attached hydrogens (primary N) is 1. The maximum atomic E-state index is 13.7. The van der Waals surface area contributed by atoms with Crippen LogP contribution in [-0.2, 0) is 0 Å². The first-order chi connectivity index (χ1) is 9.15. The van der Waals surface area contributed by atoms with Crippen molar-refractivity contribution in [2.75, 3.05) is 50.0 Å². The molecular weight excluding hydrogens is 245 g/mol. The molecule has 0 aromatic heterocycles. The molecule has 1 fully saturated rings. The highest BCUT2D eigenvalue weighted by Gasteiger charge is 2.19. The molecule has 0 amide bonds. The maximum absolute atomic E-state index is 13.7. The number of nitrogen functional groups attached to an aromatic ring is 1. The molecule has 0 unspecified atom stereocenters. The van der Waals surface area contributed by atoms with Gasteiger partial charge in [0.15, 0.2) is 11.6 Å². The zero-order valence-electron chi connectivity index (χ0n) is 11.7. The largest absolute Gasteiger partial charge is 0.491 e. The van der Waals surface area contributed by atoms with Gasteiger partial charge < -0.3 is 20.3 Å². The Kier molecular flexibility index (Phi) is 4.47. The minimum atomic E-state index is -0.393. The second-order valence-corrected chi connectivity index (χ2v) is 4.70. The molecule has 0 saturated carbocycles. The first kappa shape index (κ1) is 13.9. The van der Waals surface area contributed by atoms with Crippen molar-refractivity contribution in [3.05, 3.63) is 17.9 Å². The van der Waals surface area contributed by atoms with Gasteiger partial charge in [0.25, 0.3) is 0 Å². The highest BCUT2D eigenvalue weighted by molar-refractivity contribution is 5.70. The molecule has 0 spiro atoms. The highest BCUT2D eigenvalue weighted by Crippen LogP contribution is 2.31. The molecule has 0 atom stereocenters. The van der Waals surface area contributed by atoms with Crippen molar-refractivity contribution in [1.82, 2.24) is 4.90 Å². The summed E-state index contributed by atoms with van der Waals surface area (Å²) in [5.41, 5.74) is 7.29. The van der Waals surface area contributed by atoms with E-state index in [1.165, 1.54) is 6.07 Å². The fourth-order valence-corrected chi connectivity index (χ4v) is 2.40. The number of rotatable bonds is 4. The van der Waals surface area contributed by atoms with Crippen LogP contribution in [0.3, 0.4) is 0 Å². The molecule has 1 aromatic carbocycles. The Balaban J connectivity index is 2.17. The van der Waals surface area contributed by atoms with Crippen LogP contribution in [0.4, 0.5) is 15.8 Å². The predicted molar refractivity (Wildman–Crippen MR) is 76.3 cm³/mol. The summed E-state index contributed by atoms with van der Waals surface area (Å²) in [6, 6.07) is 3.07. The highest BCUT2D eigenvalue weighted by atomic mass is 19.1. The molecule has 4 nitrogen and oxygen atoms in total. The lowest BCUT2D eigenvalue weighted by molar-refractivity contribution is 0.271. The SMILES string of the molecule is CCOc1cc(N2CCN(CC)CC2)c(N)cc1F. The van der Waals surface area contributed by atoms with E-state index in [2.05, 4.69) is 16.7 Å². The van der Waals surface area contributed by atoms with E-state index in [0.29, 0.717) is 12.3 Å². The quantitative estimate of drug-likeness (QED) is 0.847. The van der Waals surface area contributed by atoms with Gasteiger partial charge >= 0.3 is 0 Å². The average molecular weight is 267 g/mol. The Morgan fingerprint density at radius 1 is 1.21 bits per heavy atom.